The van der Waals surface area contributed by atoms with Gasteiger partial charge in [0.1, 0.15) is 16.7 Å². The van der Waals surface area contributed by atoms with E-state index in [-0.39, 0.29) is 11.9 Å². The van der Waals surface area contributed by atoms with Crippen molar-refractivity contribution in [1.29, 1.82) is 0 Å². The van der Waals surface area contributed by atoms with E-state index in [1.54, 1.807) is 0 Å². The maximum absolute atomic E-state index is 13.1. The monoisotopic (exact) mass is 399 g/mol. The Labute approximate surface area is 156 Å². The van der Waals surface area contributed by atoms with Crippen molar-refractivity contribution in [2.24, 2.45) is 10.3 Å². The summed E-state index contributed by atoms with van der Waals surface area (Å²) in [5, 5.41) is 17.7. The third kappa shape index (κ3) is 3.69. The van der Waals surface area contributed by atoms with Crippen LogP contribution in [-0.4, -0.2) is 29.3 Å². The fourth-order valence-corrected chi connectivity index (χ4v) is 4.03. The highest BCUT2D eigenvalue weighted by Gasteiger charge is 2.35. The molecule has 1 unspecified atom stereocenters. The summed E-state index contributed by atoms with van der Waals surface area (Å²) in [6, 6.07) is 5.26. The van der Waals surface area contributed by atoms with Crippen molar-refractivity contribution in [3.63, 3.8) is 0 Å². The highest BCUT2D eigenvalue weighted by molar-refractivity contribution is 7.16. The van der Waals surface area contributed by atoms with Crippen LogP contribution in [0, 0.1) is 0 Å². The van der Waals surface area contributed by atoms with Crippen molar-refractivity contribution >= 4 is 22.3 Å². The Kier molecular flexibility index (Phi) is 4.64. The topological polar surface area (TPSA) is 82.3 Å². The van der Waals surface area contributed by atoms with Gasteiger partial charge in [-0.05, 0) is 12.1 Å². The number of hydrogen-bond donors (Lipinski definition) is 2. The zero-order valence-electron chi connectivity index (χ0n) is 14.0. The number of anilines is 2. The Morgan fingerprint density at radius 2 is 1.96 bits per heavy atom. The molecule has 0 radical (unpaired) electrons. The molecule has 1 aromatic heterocycles. The number of aliphatic hydroxyl groups excluding tert-OH is 1. The summed E-state index contributed by atoms with van der Waals surface area (Å²) in [5.74, 6) is 0.346. The summed E-state index contributed by atoms with van der Waals surface area (Å²) in [4.78, 5) is 7.03. The van der Waals surface area contributed by atoms with Gasteiger partial charge in [-0.1, -0.05) is 28.7 Å². The number of aliphatic hydroxyl groups is 1. The highest BCUT2D eigenvalue weighted by Crippen LogP contribution is 2.39. The van der Waals surface area contributed by atoms with Gasteiger partial charge in [0.15, 0.2) is 10.9 Å². The Hall–Kier alpha value is -2.40. The third-order valence-corrected chi connectivity index (χ3v) is 5.55. The maximum Gasteiger partial charge on any atom is 0.419 e. The molecule has 1 atom stereocenters. The van der Waals surface area contributed by atoms with Crippen LogP contribution in [0.5, 0.6) is 5.75 Å². The molecule has 0 aliphatic carbocycles. The van der Waals surface area contributed by atoms with Crippen LogP contribution < -0.4 is 15.1 Å². The fourth-order valence-electron chi connectivity index (χ4n) is 3.04. The second kappa shape index (κ2) is 6.97. The molecule has 1 aromatic carbocycles. The molecule has 2 aromatic rings. The first kappa shape index (κ1) is 18.0. The van der Waals surface area contributed by atoms with Gasteiger partial charge in [0.05, 0.1) is 5.56 Å². The standard InChI is InChI=1S/C16H16F3N5O2S/c17-16(18,19)10-3-1-2-4-11(10)26-9-5-7-24(8-6-9)15-20-13-12(27-15)14(25)22-23-21-13/h1-4,9,14,25H,5-8H2,(H,21,22). The van der Waals surface area contributed by atoms with Crippen LogP contribution in [-0.2, 0) is 6.18 Å². The fraction of sp³-hybridized carbons (Fsp3) is 0.438. The van der Waals surface area contributed by atoms with E-state index in [0.29, 0.717) is 41.8 Å². The average Bonchev–Trinajstić information content (AvgIpc) is 3.08. The summed E-state index contributed by atoms with van der Waals surface area (Å²) >= 11 is 1.32. The molecular formula is C16H16F3N5O2S. The smallest absolute Gasteiger partial charge is 0.419 e. The van der Waals surface area contributed by atoms with Crippen molar-refractivity contribution in [2.75, 3.05) is 23.4 Å². The molecule has 7 nitrogen and oxygen atoms in total. The first-order valence-corrected chi connectivity index (χ1v) is 9.16. The Morgan fingerprint density at radius 1 is 1.22 bits per heavy atom. The number of aromatic nitrogens is 1. The van der Waals surface area contributed by atoms with E-state index in [2.05, 4.69) is 20.7 Å². The Bertz CT molecular complexity index is 849. The number of alkyl halides is 3. The molecule has 0 amide bonds. The van der Waals surface area contributed by atoms with E-state index in [9.17, 15) is 18.3 Å². The van der Waals surface area contributed by atoms with E-state index in [0.717, 1.165) is 6.07 Å². The molecule has 0 bridgehead atoms. The number of hydrogen-bond acceptors (Lipinski definition) is 8. The molecule has 2 N–H and O–H groups in total. The number of thiazole rings is 1. The summed E-state index contributed by atoms with van der Waals surface area (Å²) in [7, 11) is 0. The lowest BCUT2D eigenvalue weighted by atomic mass is 10.1. The van der Waals surface area contributed by atoms with Crippen molar-refractivity contribution in [1.82, 2.24) is 4.98 Å². The number of para-hydroxylation sites is 1. The minimum Gasteiger partial charge on any atom is -0.490 e. The minimum absolute atomic E-state index is 0.135. The third-order valence-electron chi connectivity index (χ3n) is 4.40. The molecule has 144 valence electrons. The molecule has 3 heterocycles. The lowest BCUT2D eigenvalue weighted by Gasteiger charge is -2.32. The van der Waals surface area contributed by atoms with Gasteiger partial charge in [-0.3, -0.25) is 0 Å². The number of rotatable bonds is 3. The lowest BCUT2D eigenvalue weighted by molar-refractivity contribution is -0.139. The van der Waals surface area contributed by atoms with Crippen LogP contribution in [0.2, 0.25) is 0 Å². The zero-order valence-corrected chi connectivity index (χ0v) is 14.8. The molecule has 1 fully saturated rings. The van der Waals surface area contributed by atoms with Gasteiger partial charge in [0.25, 0.3) is 0 Å². The van der Waals surface area contributed by atoms with E-state index in [1.165, 1.54) is 29.5 Å². The van der Waals surface area contributed by atoms with Crippen LogP contribution in [0.15, 0.2) is 34.6 Å². The molecule has 27 heavy (non-hydrogen) atoms. The summed E-state index contributed by atoms with van der Waals surface area (Å²) in [6.07, 6.45) is -4.62. The van der Waals surface area contributed by atoms with Crippen molar-refractivity contribution in [3.05, 3.63) is 34.7 Å². The molecular weight excluding hydrogens is 383 g/mol. The first-order valence-electron chi connectivity index (χ1n) is 8.34. The second-order valence-corrected chi connectivity index (χ2v) is 7.22. The SMILES string of the molecule is OC1N=NNc2nc(N3CCC(Oc4ccccc4C(F)(F)F)CC3)sc21. The normalized spacial score (nSPS) is 20.3. The zero-order chi connectivity index (χ0) is 19.0. The summed E-state index contributed by atoms with van der Waals surface area (Å²) in [6.45, 7) is 1.19. The first-order chi connectivity index (χ1) is 12.9. The van der Waals surface area contributed by atoms with E-state index in [1.807, 2.05) is 4.90 Å². The number of halogens is 3. The maximum atomic E-state index is 13.1. The van der Waals surface area contributed by atoms with E-state index in [4.69, 9.17) is 4.74 Å². The number of nitrogens with zero attached hydrogens (tertiary/aromatic N) is 4. The van der Waals surface area contributed by atoms with E-state index < -0.39 is 18.0 Å². The predicted octanol–water partition coefficient (Wildman–Crippen LogP) is 3.99. The number of ether oxygens (including phenoxy) is 1. The van der Waals surface area contributed by atoms with Gasteiger partial charge in [-0.25, -0.2) is 10.4 Å². The lowest BCUT2D eigenvalue weighted by Crippen LogP contribution is -2.38. The van der Waals surface area contributed by atoms with Crippen LogP contribution in [0.3, 0.4) is 0 Å². The van der Waals surface area contributed by atoms with Crippen LogP contribution in [0.25, 0.3) is 0 Å². The number of benzene rings is 1. The average molecular weight is 399 g/mol. The van der Waals surface area contributed by atoms with Gasteiger partial charge >= 0.3 is 6.18 Å². The summed E-state index contributed by atoms with van der Waals surface area (Å²) in [5.41, 5.74) is 1.90. The molecule has 0 saturated carbocycles. The van der Waals surface area contributed by atoms with Crippen LogP contribution in [0.4, 0.5) is 24.1 Å². The van der Waals surface area contributed by atoms with Crippen molar-refractivity contribution in [2.45, 2.75) is 31.3 Å². The number of piperidine rings is 1. The van der Waals surface area contributed by atoms with Crippen LogP contribution >= 0.6 is 11.3 Å². The minimum atomic E-state index is -4.44. The largest absolute Gasteiger partial charge is 0.490 e. The predicted molar refractivity (Wildman–Crippen MR) is 92.9 cm³/mol. The van der Waals surface area contributed by atoms with Gasteiger partial charge < -0.3 is 14.7 Å². The number of nitrogens with one attached hydrogen (secondary N) is 1. The Morgan fingerprint density at radius 3 is 2.67 bits per heavy atom. The molecule has 2 aliphatic heterocycles. The molecule has 11 heteroatoms. The molecule has 2 aliphatic rings. The molecule has 0 spiro atoms. The van der Waals surface area contributed by atoms with Crippen molar-refractivity contribution < 1.29 is 23.0 Å². The van der Waals surface area contributed by atoms with Gasteiger partial charge in [0.2, 0.25) is 6.23 Å². The molecule has 4 rings (SSSR count). The van der Waals surface area contributed by atoms with Gasteiger partial charge in [0, 0.05) is 25.9 Å². The summed E-state index contributed by atoms with van der Waals surface area (Å²) < 4.78 is 44.9. The Balaban J connectivity index is 1.40. The number of fused-ring (bicyclic) bond motifs is 1. The highest BCUT2D eigenvalue weighted by atomic mass is 32.1. The van der Waals surface area contributed by atoms with E-state index >= 15 is 0 Å². The van der Waals surface area contributed by atoms with Gasteiger partial charge in [-0.2, -0.15) is 13.2 Å². The molecule has 1 saturated heterocycles. The van der Waals surface area contributed by atoms with Crippen molar-refractivity contribution in [3.8, 4) is 5.75 Å². The van der Waals surface area contributed by atoms with Crippen LogP contribution in [0.1, 0.15) is 29.5 Å². The quantitative estimate of drug-likeness (QED) is 0.816. The second-order valence-electron chi connectivity index (χ2n) is 6.21. The van der Waals surface area contributed by atoms with Gasteiger partial charge in [-0.15, -0.1) is 5.11 Å².